The first kappa shape index (κ1) is 29.1. The van der Waals surface area contributed by atoms with Crippen LogP contribution < -0.4 is 0 Å². The summed E-state index contributed by atoms with van der Waals surface area (Å²) in [5.41, 5.74) is 1.93. The molecule has 0 saturated carbocycles. The molecule has 0 spiro atoms. The smallest absolute Gasteiger partial charge is 0.337 e. The zero-order valence-corrected chi connectivity index (χ0v) is 23.6. The van der Waals surface area contributed by atoms with Gasteiger partial charge in [0.15, 0.2) is 11.7 Å². The maximum atomic E-state index is 12.5. The molecule has 3 aromatic carbocycles. The minimum absolute atomic E-state index is 0.455. The molecule has 3 aromatic rings. The highest BCUT2D eigenvalue weighted by Crippen LogP contribution is 2.41. The normalized spacial score (nSPS) is 14.7. The van der Waals surface area contributed by atoms with Crippen LogP contribution in [0.4, 0.5) is 0 Å². The first-order valence-corrected chi connectivity index (χ1v) is 12.8. The van der Waals surface area contributed by atoms with Gasteiger partial charge >= 0.3 is 5.97 Å². The van der Waals surface area contributed by atoms with E-state index in [9.17, 15) is 15.0 Å². The summed E-state index contributed by atoms with van der Waals surface area (Å²) in [7, 11) is 0. The van der Waals surface area contributed by atoms with Crippen LogP contribution in [0.1, 0.15) is 64.3 Å². The van der Waals surface area contributed by atoms with Crippen LogP contribution in [-0.4, -0.2) is 33.6 Å². The van der Waals surface area contributed by atoms with Crippen molar-refractivity contribution in [2.75, 3.05) is 0 Å². The summed E-state index contributed by atoms with van der Waals surface area (Å²) in [4.78, 5) is 16.7. The number of ether oxygens (including phenoxy) is 1. The number of aryl methyl sites for hydroxylation is 1. The number of aliphatic imine (C=N–C) groups is 1. The lowest BCUT2D eigenvalue weighted by Crippen LogP contribution is -2.28. The van der Waals surface area contributed by atoms with Crippen LogP contribution >= 0.6 is 11.6 Å². The predicted molar refractivity (Wildman–Crippen MR) is 156 cm³/mol. The van der Waals surface area contributed by atoms with Gasteiger partial charge in [-0.25, -0.2) is 4.79 Å². The fourth-order valence-corrected chi connectivity index (χ4v) is 4.49. The first-order valence-electron chi connectivity index (χ1n) is 12.4. The highest BCUT2D eigenvalue weighted by Gasteiger charge is 2.31. The molecule has 0 aromatic heterocycles. The van der Waals surface area contributed by atoms with E-state index in [2.05, 4.69) is 16.8 Å². The topological polar surface area (TPSA) is 79.1 Å². The van der Waals surface area contributed by atoms with Gasteiger partial charge in [-0.2, -0.15) is 0 Å². The Morgan fingerprint density at radius 3 is 2.29 bits per heavy atom. The number of carboxylic acids is 1. The van der Waals surface area contributed by atoms with Crippen LogP contribution in [0.15, 0.2) is 65.3 Å². The van der Waals surface area contributed by atoms with Crippen molar-refractivity contribution in [1.29, 1.82) is 0 Å². The number of nitrogens with zero attached hydrogens (tertiary/aromatic N) is 1. The Labute approximate surface area is 229 Å². The molecule has 0 bridgehead atoms. The summed E-state index contributed by atoms with van der Waals surface area (Å²) in [6, 6.07) is 15.0. The summed E-state index contributed by atoms with van der Waals surface area (Å²) in [5.74, 6) is 4.94. The van der Waals surface area contributed by atoms with E-state index < -0.39 is 23.3 Å². The second kappa shape index (κ2) is 11.5. The molecule has 0 fully saturated rings. The van der Waals surface area contributed by atoms with E-state index >= 15 is 0 Å². The Balaban J connectivity index is 2.34. The van der Waals surface area contributed by atoms with Crippen LogP contribution in [0, 0.1) is 18.8 Å². The lowest BCUT2D eigenvalue weighted by Gasteiger charge is -2.28. The summed E-state index contributed by atoms with van der Waals surface area (Å²) < 4.78 is 6.08. The summed E-state index contributed by atoms with van der Waals surface area (Å²) in [5, 5.41) is 23.5. The fourth-order valence-electron chi connectivity index (χ4n) is 4.36. The second-order valence-corrected chi connectivity index (χ2v) is 10.7. The lowest BCUT2D eigenvalue weighted by atomic mass is 9.86. The molecule has 6 heteroatoms. The molecule has 5 nitrogen and oxygen atoms in total. The van der Waals surface area contributed by atoms with E-state index in [1.165, 1.54) is 0 Å². The van der Waals surface area contributed by atoms with Crippen molar-refractivity contribution < 1.29 is 19.7 Å². The highest BCUT2D eigenvalue weighted by atomic mass is 35.5. The Kier molecular flexibility index (Phi) is 8.84. The van der Waals surface area contributed by atoms with E-state index in [0.29, 0.717) is 21.8 Å². The number of rotatable bonds is 6. The molecular weight excluding hydrogens is 498 g/mol. The van der Waals surface area contributed by atoms with Crippen LogP contribution in [0.3, 0.4) is 0 Å². The van der Waals surface area contributed by atoms with Crippen molar-refractivity contribution in [2.45, 2.75) is 65.8 Å². The van der Waals surface area contributed by atoms with Crippen LogP contribution in [0.5, 0.6) is 0 Å². The molecule has 0 aliphatic rings. The number of hydrogen-bond acceptors (Lipinski definition) is 4. The second-order valence-electron chi connectivity index (χ2n) is 10.3. The first-order chi connectivity index (χ1) is 17.8. The van der Waals surface area contributed by atoms with Gasteiger partial charge in [0.05, 0.1) is 11.3 Å². The van der Waals surface area contributed by atoms with E-state index in [4.69, 9.17) is 16.3 Å². The Bertz CT molecular complexity index is 1470. The van der Waals surface area contributed by atoms with Gasteiger partial charge in [-0.15, -0.1) is 0 Å². The SMILES string of the molecule is CC=N/C(=C\C)C(C)(O)C#Cc1ccc2cc(C)c([C@H](OC(C)(C)C)C(=O)O)c(-c3ccc(Cl)cc3)c2c1. The zero-order chi connectivity index (χ0) is 28.3. The van der Waals surface area contributed by atoms with Gasteiger partial charge in [-0.05, 0) is 100 Å². The molecule has 38 heavy (non-hydrogen) atoms. The van der Waals surface area contributed by atoms with Crippen molar-refractivity contribution in [3.63, 3.8) is 0 Å². The van der Waals surface area contributed by atoms with Gasteiger partial charge in [0, 0.05) is 22.4 Å². The number of carboxylic acid groups (broad SMARTS) is 1. The minimum Gasteiger partial charge on any atom is -0.479 e. The Morgan fingerprint density at radius 1 is 1.08 bits per heavy atom. The van der Waals surface area contributed by atoms with Crippen molar-refractivity contribution in [1.82, 2.24) is 0 Å². The van der Waals surface area contributed by atoms with Crippen LogP contribution in [-0.2, 0) is 9.53 Å². The van der Waals surface area contributed by atoms with Gasteiger partial charge in [-0.1, -0.05) is 53.8 Å². The van der Waals surface area contributed by atoms with Crippen LogP contribution in [0.2, 0.25) is 5.02 Å². The number of aliphatic hydroxyl groups is 1. The zero-order valence-electron chi connectivity index (χ0n) is 22.9. The fraction of sp³-hybridized carbons (Fsp3) is 0.312. The molecule has 0 aliphatic carbocycles. The van der Waals surface area contributed by atoms with Gasteiger partial charge in [0.25, 0.3) is 0 Å². The van der Waals surface area contributed by atoms with Gasteiger partial charge < -0.3 is 14.9 Å². The third-order valence-corrected chi connectivity index (χ3v) is 6.22. The van der Waals surface area contributed by atoms with E-state index in [1.54, 1.807) is 45.2 Å². The van der Waals surface area contributed by atoms with E-state index in [-0.39, 0.29) is 0 Å². The third kappa shape index (κ3) is 6.71. The molecule has 0 radical (unpaired) electrons. The maximum absolute atomic E-state index is 12.5. The van der Waals surface area contributed by atoms with Crippen molar-refractivity contribution in [2.24, 2.45) is 4.99 Å². The third-order valence-electron chi connectivity index (χ3n) is 5.97. The molecule has 0 saturated heterocycles. The number of benzene rings is 3. The number of halogens is 1. The minimum atomic E-state index is -1.44. The van der Waals surface area contributed by atoms with Crippen LogP contribution in [0.25, 0.3) is 21.9 Å². The van der Waals surface area contributed by atoms with Crippen molar-refractivity contribution in [3.8, 4) is 23.0 Å². The number of hydrogen-bond donors (Lipinski definition) is 2. The van der Waals surface area contributed by atoms with Crippen molar-refractivity contribution in [3.05, 3.63) is 82.0 Å². The molecule has 0 amide bonds. The molecule has 0 heterocycles. The predicted octanol–water partition coefficient (Wildman–Crippen LogP) is 7.51. The average molecular weight is 532 g/mol. The highest BCUT2D eigenvalue weighted by molar-refractivity contribution is 6.30. The van der Waals surface area contributed by atoms with Gasteiger partial charge in [0.2, 0.25) is 0 Å². The molecule has 3 rings (SSSR count). The Morgan fingerprint density at radius 2 is 1.74 bits per heavy atom. The molecule has 2 atom stereocenters. The maximum Gasteiger partial charge on any atom is 0.337 e. The number of allylic oxidation sites excluding steroid dienone is 1. The quantitative estimate of drug-likeness (QED) is 0.255. The van der Waals surface area contributed by atoms with E-state index in [1.807, 2.05) is 64.1 Å². The lowest BCUT2D eigenvalue weighted by molar-refractivity contribution is -0.160. The molecular formula is C32H34ClNO4. The molecule has 0 aliphatic heterocycles. The standard InChI is InChI=1S/C32H34ClNO4/c1-8-26(34-9-2)32(7,37)17-16-21-10-11-23-18-20(3)27(29(30(35)36)38-31(4,5)6)28(25(23)19-21)22-12-14-24(33)15-13-22/h8-15,18-19,29,37H,1-7H3,(H,35,36)/b26-8-,34-9?/t29-,32?/m0/s1. The largest absolute Gasteiger partial charge is 0.479 e. The Hall–Kier alpha value is -3.43. The summed E-state index contributed by atoms with van der Waals surface area (Å²) >= 11 is 6.18. The number of aliphatic carboxylic acids is 1. The monoisotopic (exact) mass is 531 g/mol. The molecule has 198 valence electrons. The van der Waals surface area contributed by atoms with E-state index in [0.717, 1.165) is 27.5 Å². The van der Waals surface area contributed by atoms with Gasteiger partial charge in [0.1, 0.15) is 0 Å². The summed E-state index contributed by atoms with van der Waals surface area (Å²) in [6.07, 6.45) is 2.15. The average Bonchev–Trinajstić information content (AvgIpc) is 2.84. The van der Waals surface area contributed by atoms with Crippen molar-refractivity contribution >= 4 is 34.6 Å². The molecule has 2 N–H and O–H groups in total. The summed E-state index contributed by atoms with van der Waals surface area (Å²) in [6.45, 7) is 12.6. The van der Waals surface area contributed by atoms with Gasteiger partial charge in [-0.3, -0.25) is 4.99 Å². The molecule has 1 unspecified atom stereocenters. The number of fused-ring (bicyclic) bond motifs is 1. The number of carbonyl (C=O) groups is 1.